The highest BCUT2D eigenvalue weighted by Gasteiger charge is 2.16. The van der Waals surface area contributed by atoms with Crippen LogP contribution in [0.3, 0.4) is 0 Å². The van der Waals surface area contributed by atoms with E-state index in [0.29, 0.717) is 17.3 Å². The summed E-state index contributed by atoms with van der Waals surface area (Å²) in [7, 11) is 0. The van der Waals surface area contributed by atoms with Gasteiger partial charge in [-0.25, -0.2) is 4.68 Å². The lowest BCUT2D eigenvalue weighted by Gasteiger charge is -2.22. The van der Waals surface area contributed by atoms with Gasteiger partial charge in [0.15, 0.2) is 11.5 Å². The molecule has 33 heavy (non-hydrogen) atoms. The molecule has 1 aliphatic carbocycles. The summed E-state index contributed by atoms with van der Waals surface area (Å²) < 4.78 is 1.73. The first-order valence-corrected chi connectivity index (χ1v) is 12.1. The molecule has 0 spiro atoms. The number of phenolic OH excluding ortho intramolecular Hbond substituents is 3. The minimum absolute atomic E-state index is 0.286. The van der Waals surface area contributed by atoms with Crippen LogP contribution in [0.15, 0.2) is 64.0 Å². The fourth-order valence-electron chi connectivity index (χ4n) is 4.09. The van der Waals surface area contributed by atoms with Crippen LogP contribution in [0.5, 0.6) is 17.2 Å². The van der Waals surface area contributed by atoms with Crippen LogP contribution in [0, 0.1) is 0 Å². The van der Waals surface area contributed by atoms with Crippen LogP contribution in [0.2, 0.25) is 0 Å². The largest absolute Gasteiger partial charge is 0.504 e. The Morgan fingerprint density at radius 2 is 1.79 bits per heavy atom. The normalized spacial score (nSPS) is 15.4. The van der Waals surface area contributed by atoms with E-state index in [-0.39, 0.29) is 11.3 Å². The van der Waals surface area contributed by atoms with Gasteiger partial charge < -0.3 is 15.3 Å². The molecule has 7 heteroatoms. The highest BCUT2D eigenvalue weighted by Crippen LogP contribution is 2.36. The van der Waals surface area contributed by atoms with Crippen LogP contribution < -0.4 is 4.80 Å². The predicted octanol–water partition coefficient (Wildman–Crippen LogP) is 5.74. The minimum Gasteiger partial charge on any atom is -0.504 e. The maximum atomic E-state index is 10.2. The van der Waals surface area contributed by atoms with E-state index in [2.05, 4.69) is 40.9 Å². The third-order valence-electron chi connectivity index (χ3n) is 5.93. The van der Waals surface area contributed by atoms with Crippen LogP contribution in [-0.2, 0) is 0 Å². The molecule has 0 atom stereocenters. The molecule has 1 fully saturated rings. The van der Waals surface area contributed by atoms with E-state index in [9.17, 15) is 15.3 Å². The average molecular weight is 464 g/mol. The summed E-state index contributed by atoms with van der Waals surface area (Å²) >= 11 is 1.48. The maximum absolute atomic E-state index is 10.2. The number of nitrogens with zero attached hydrogens (tertiary/aromatic N) is 3. The molecule has 0 saturated heterocycles. The van der Waals surface area contributed by atoms with E-state index in [1.54, 1.807) is 4.68 Å². The summed E-state index contributed by atoms with van der Waals surface area (Å²) in [4.78, 5) is 5.32. The zero-order valence-electron chi connectivity index (χ0n) is 18.7. The number of benzene rings is 2. The van der Waals surface area contributed by atoms with Crippen molar-refractivity contribution in [2.75, 3.05) is 6.54 Å². The molecule has 3 aromatic rings. The van der Waals surface area contributed by atoms with Gasteiger partial charge >= 0.3 is 0 Å². The number of aromatic nitrogens is 1. The van der Waals surface area contributed by atoms with E-state index >= 15 is 0 Å². The van der Waals surface area contributed by atoms with Crippen LogP contribution in [-0.4, -0.2) is 32.8 Å². The van der Waals surface area contributed by atoms with Gasteiger partial charge in [0.25, 0.3) is 0 Å². The third-order valence-corrected chi connectivity index (χ3v) is 6.78. The van der Waals surface area contributed by atoms with Crippen molar-refractivity contribution >= 4 is 17.6 Å². The zero-order valence-corrected chi connectivity index (χ0v) is 19.6. The molecule has 1 aliphatic rings. The van der Waals surface area contributed by atoms with Gasteiger partial charge in [0.2, 0.25) is 10.6 Å². The van der Waals surface area contributed by atoms with E-state index in [1.807, 2.05) is 12.3 Å². The quantitative estimate of drug-likeness (QED) is 0.247. The monoisotopic (exact) mass is 463 g/mol. The molecule has 1 heterocycles. The van der Waals surface area contributed by atoms with Gasteiger partial charge in [-0.1, -0.05) is 55.7 Å². The van der Waals surface area contributed by atoms with Gasteiger partial charge in [-0.3, -0.25) is 4.99 Å². The first kappa shape index (κ1) is 22.9. The first-order valence-electron chi connectivity index (χ1n) is 11.2. The van der Waals surface area contributed by atoms with Crippen molar-refractivity contribution < 1.29 is 15.3 Å². The number of hydrogen-bond acceptors (Lipinski definition) is 6. The Morgan fingerprint density at radius 3 is 2.48 bits per heavy atom. The summed E-state index contributed by atoms with van der Waals surface area (Å²) in [5.41, 5.74) is 4.53. The van der Waals surface area contributed by atoms with Gasteiger partial charge in [-0.15, -0.1) is 11.3 Å². The molecule has 172 valence electrons. The lowest BCUT2D eigenvalue weighted by atomic mass is 9.84. The highest BCUT2D eigenvalue weighted by molar-refractivity contribution is 7.07. The molecule has 4 rings (SSSR count). The predicted molar refractivity (Wildman–Crippen MR) is 133 cm³/mol. The van der Waals surface area contributed by atoms with Crippen molar-refractivity contribution in [1.82, 2.24) is 4.68 Å². The van der Waals surface area contributed by atoms with Crippen molar-refractivity contribution in [3.8, 4) is 28.5 Å². The van der Waals surface area contributed by atoms with Gasteiger partial charge in [-0.2, -0.15) is 5.10 Å². The van der Waals surface area contributed by atoms with Gasteiger partial charge in [0.1, 0.15) is 0 Å². The van der Waals surface area contributed by atoms with Crippen LogP contribution >= 0.6 is 11.3 Å². The maximum Gasteiger partial charge on any atom is 0.206 e. The van der Waals surface area contributed by atoms with Crippen molar-refractivity contribution in [2.45, 2.75) is 44.9 Å². The van der Waals surface area contributed by atoms with E-state index < -0.39 is 11.5 Å². The molecule has 0 radical (unpaired) electrons. The third kappa shape index (κ3) is 5.20. The van der Waals surface area contributed by atoms with Gasteiger partial charge in [0, 0.05) is 16.5 Å². The van der Waals surface area contributed by atoms with Crippen molar-refractivity contribution in [3.05, 3.63) is 69.9 Å². The summed E-state index contributed by atoms with van der Waals surface area (Å²) in [5, 5.41) is 36.1. The Morgan fingerprint density at radius 1 is 1.06 bits per heavy atom. The first-order chi connectivity index (χ1) is 15.9. The second-order valence-electron chi connectivity index (χ2n) is 8.56. The number of hydrogen-bond donors (Lipinski definition) is 3. The molecule has 0 bridgehead atoms. The lowest BCUT2D eigenvalue weighted by Crippen LogP contribution is -2.13. The standard InChI is InChI=1S/C26H29N3O3S/c1-17(2)14-27-26-29(28-15-21-12-13-23(30)25(32)24(21)31)22(16-33-26)20-10-8-19(9-11-20)18-6-4-3-5-7-18/h8-13,15-16,18,30-32H,1,3-7,14H2,2H3. The molecule has 3 N–H and O–H groups in total. The molecule has 0 amide bonds. The van der Waals surface area contributed by atoms with Crippen LogP contribution in [0.4, 0.5) is 0 Å². The Hall–Kier alpha value is -3.32. The second kappa shape index (κ2) is 10.1. The molecule has 1 saturated carbocycles. The van der Waals surface area contributed by atoms with Crippen molar-refractivity contribution in [2.24, 2.45) is 10.1 Å². The molecule has 0 unspecified atom stereocenters. The number of phenols is 3. The Kier molecular flexibility index (Phi) is 6.99. The number of thiazole rings is 1. The van der Waals surface area contributed by atoms with E-state index in [4.69, 9.17) is 0 Å². The van der Waals surface area contributed by atoms with E-state index in [0.717, 1.165) is 16.8 Å². The summed E-state index contributed by atoms with van der Waals surface area (Å²) in [5.74, 6) is -0.733. The summed E-state index contributed by atoms with van der Waals surface area (Å²) in [6.45, 7) is 6.33. The molecular formula is C26H29N3O3S. The number of rotatable bonds is 6. The van der Waals surface area contributed by atoms with Crippen molar-refractivity contribution in [1.29, 1.82) is 0 Å². The fourth-order valence-corrected chi connectivity index (χ4v) is 4.93. The van der Waals surface area contributed by atoms with Gasteiger partial charge in [-0.05, 0) is 43.4 Å². The number of aromatic hydroxyl groups is 3. The summed E-state index contributed by atoms with van der Waals surface area (Å²) in [6, 6.07) is 11.5. The smallest absolute Gasteiger partial charge is 0.206 e. The van der Waals surface area contributed by atoms with Crippen LogP contribution in [0.1, 0.15) is 56.1 Å². The minimum atomic E-state index is -0.569. The fraction of sp³-hybridized carbons (Fsp3) is 0.308. The lowest BCUT2D eigenvalue weighted by molar-refractivity contribution is 0.367. The van der Waals surface area contributed by atoms with Crippen LogP contribution in [0.25, 0.3) is 11.3 Å². The zero-order chi connectivity index (χ0) is 23.4. The summed E-state index contributed by atoms with van der Waals surface area (Å²) in [6.07, 6.45) is 7.91. The van der Waals surface area contributed by atoms with Gasteiger partial charge in [0.05, 0.1) is 18.5 Å². The topological polar surface area (TPSA) is 90.3 Å². The highest BCUT2D eigenvalue weighted by atomic mass is 32.1. The van der Waals surface area contributed by atoms with Crippen molar-refractivity contribution in [3.63, 3.8) is 0 Å². The second-order valence-corrected chi connectivity index (χ2v) is 9.40. The Bertz CT molecular complexity index is 1230. The SMILES string of the molecule is C=C(C)CN=c1scc(-c2ccc(C3CCCCC3)cc2)n1N=Cc1ccc(O)c(O)c1O. The molecule has 6 nitrogen and oxygen atoms in total. The Balaban J connectivity index is 1.71. The molecule has 1 aromatic heterocycles. The van der Waals surface area contributed by atoms with E-state index in [1.165, 1.54) is 67.4 Å². The molecule has 0 aliphatic heterocycles. The molecular weight excluding hydrogens is 434 g/mol. The molecule has 2 aromatic carbocycles. The average Bonchev–Trinajstić information content (AvgIpc) is 3.24. The Labute approximate surface area is 197 Å².